The molecular weight excluding hydrogens is 546 g/mol. The normalized spacial score (nSPS) is 20.0. The van der Waals surface area contributed by atoms with Crippen LogP contribution in [0, 0.1) is 0 Å². The third kappa shape index (κ3) is 5.63. The highest BCUT2D eigenvalue weighted by atomic mass is 16.5. The van der Waals surface area contributed by atoms with Crippen LogP contribution < -0.4 is 18.9 Å². The van der Waals surface area contributed by atoms with Crippen molar-refractivity contribution in [2.75, 3.05) is 27.4 Å². The SMILES string of the molecule is COc1cc2c(cc1OCCCCCOc1cc3c(cc1OC)C(=O)N1C=C(C)C[C@H]1C=N3)C=C[C@@H]1CC(C)=CN1C2=O. The van der Waals surface area contributed by atoms with Crippen molar-refractivity contribution in [1.29, 1.82) is 0 Å². The van der Waals surface area contributed by atoms with Crippen molar-refractivity contribution < 1.29 is 28.5 Å². The zero-order chi connectivity index (χ0) is 30.1. The number of hydrogen-bond donors (Lipinski definition) is 0. The fraction of sp³-hybridized carbons (Fsp3) is 0.382. The van der Waals surface area contributed by atoms with E-state index in [1.807, 2.05) is 44.6 Å². The number of rotatable bonds is 10. The predicted molar refractivity (Wildman–Crippen MR) is 165 cm³/mol. The number of ether oxygens (including phenoxy) is 4. The minimum Gasteiger partial charge on any atom is -0.493 e. The van der Waals surface area contributed by atoms with Gasteiger partial charge in [-0.15, -0.1) is 0 Å². The number of hydrogen-bond acceptors (Lipinski definition) is 7. The van der Waals surface area contributed by atoms with Gasteiger partial charge in [0.05, 0.1) is 56.3 Å². The Kier molecular flexibility index (Phi) is 7.97. The molecule has 4 aliphatic heterocycles. The van der Waals surface area contributed by atoms with E-state index in [1.54, 1.807) is 42.2 Å². The third-order valence-electron chi connectivity index (χ3n) is 8.23. The number of methoxy groups -OCH3 is 2. The minimum atomic E-state index is -0.0829. The Bertz CT molecular complexity index is 1460. The van der Waals surface area contributed by atoms with Crippen molar-refractivity contribution >= 4 is 29.8 Å². The second-order valence-corrected chi connectivity index (χ2v) is 11.4. The van der Waals surface area contributed by atoms with Crippen molar-refractivity contribution in [2.45, 2.75) is 58.0 Å². The summed E-state index contributed by atoms with van der Waals surface area (Å²) in [5.41, 5.74) is 4.90. The maximum atomic E-state index is 13.2. The molecule has 0 bridgehead atoms. The summed E-state index contributed by atoms with van der Waals surface area (Å²) in [5.74, 6) is 2.15. The summed E-state index contributed by atoms with van der Waals surface area (Å²) in [5, 5.41) is 0. The van der Waals surface area contributed by atoms with Crippen LogP contribution in [0.4, 0.5) is 5.69 Å². The van der Waals surface area contributed by atoms with Gasteiger partial charge >= 0.3 is 0 Å². The first-order valence-electron chi connectivity index (χ1n) is 14.8. The van der Waals surface area contributed by atoms with Crippen molar-refractivity contribution in [3.05, 3.63) is 70.6 Å². The summed E-state index contributed by atoms with van der Waals surface area (Å²) in [6.45, 7) is 5.07. The van der Waals surface area contributed by atoms with Crippen LogP contribution in [0.25, 0.3) is 6.08 Å². The molecule has 0 unspecified atom stereocenters. The summed E-state index contributed by atoms with van der Waals surface area (Å²) < 4.78 is 23.3. The van der Waals surface area contributed by atoms with Gasteiger partial charge in [-0.3, -0.25) is 14.6 Å². The Morgan fingerprint density at radius 1 is 0.744 bits per heavy atom. The number of aliphatic imine (C=N–C) groups is 1. The van der Waals surface area contributed by atoms with Gasteiger partial charge in [0.1, 0.15) is 0 Å². The van der Waals surface area contributed by atoms with Crippen LogP contribution in [0.3, 0.4) is 0 Å². The fourth-order valence-electron chi connectivity index (χ4n) is 6.01. The smallest absolute Gasteiger partial charge is 0.260 e. The Labute approximate surface area is 252 Å². The zero-order valence-corrected chi connectivity index (χ0v) is 25.1. The molecule has 0 N–H and O–H groups in total. The van der Waals surface area contributed by atoms with Gasteiger partial charge in [0, 0.05) is 24.7 Å². The first-order valence-corrected chi connectivity index (χ1v) is 14.8. The molecule has 9 nitrogen and oxygen atoms in total. The second kappa shape index (κ2) is 12.0. The molecule has 0 saturated carbocycles. The molecule has 0 fully saturated rings. The maximum absolute atomic E-state index is 13.2. The van der Waals surface area contributed by atoms with Crippen LogP contribution in [0.1, 0.15) is 72.2 Å². The maximum Gasteiger partial charge on any atom is 0.260 e. The molecule has 2 amide bonds. The van der Waals surface area contributed by atoms with E-state index < -0.39 is 0 Å². The lowest BCUT2D eigenvalue weighted by Crippen LogP contribution is -2.32. The molecule has 43 heavy (non-hydrogen) atoms. The topological polar surface area (TPSA) is 89.9 Å². The molecular formula is C34H37N3O6. The largest absolute Gasteiger partial charge is 0.493 e. The molecule has 2 atom stereocenters. The average Bonchev–Trinajstić information content (AvgIpc) is 3.51. The summed E-state index contributed by atoms with van der Waals surface area (Å²) in [7, 11) is 3.16. The number of fused-ring (bicyclic) bond motifs is 4. The van der Waals surface area contributed by atoms with E-state index in [2.05, 4.69) is 11.1 Å². The highest BCUT2D eigenvalue weighted by Crippen LogP contribution is 2.39. The summed E-state index contributed by atoms with van der Waals surface area (Å²) >= 11 is 0. The fourth-order valence-corrected chi connectivity index (χ4v) is 6.01. The Hall–Kier alpha value is -4.53. The summed E-state index contributed by atoms with van der Waals surface area (Å²) in [6.07, 6.45) is 13.9. The molecule has 0 aliphatic carbocycles. The number of amides is 2. The molecule has 2 aromatic carbocycles. The number of unbranched alkanes of at least 4 members (excludes halogenated alkanes) is 2. The van der Waals surface area contributed by atoms with Gasteiger partial charge in [-0.05, 0) is 69.7 Å². The van der Waals surface area contributed by atoms with Gasteiger partial charge in [0.2, 0.25) is 0 Å². The van der Waals surface area contributed by atoms with Gasteiger partial charge in [-0.1, -0.05) is 23.3 Å². The summed E-state index contributed by atoms with van der Waals surface area (Å²) in [6, 6.07) is 7.18. The first-order chi connectivity index (χ1) is 20.9. The summed E-state index contributed by atoms with van der Waals surface area (Å²) in [4.78, 5) is 34.5. The molecule has 6 rings (SSSR count). The Morgan fingerprint density at radius 3 is 2.00 bits per heavy atom. The molecule has 4 heterocycles. The highest BCUT2D eigenvalue weighted by molar-refractivity contribution is 6.04. The Balaban J connectivity index is 1.02. The molecule has 4 aliphatic rings. The number of nitrogens with zero attached hydrogens (tertiary/aromatic N) is 3. The van der Waals surface area contributed by atoms with E-state index >= 15 is 0 Å². The third-order valence-corrected chi connectivity index (χ3v) is 8.23. The number of carbonyl (C=O) groups is 2. The minimum absolute atomic E-state index is 0.0243. The predicted octanol–water partition coefficient (Wildman–Crippen LogP) is 6.31. The zero-order valence-electron chi connectivity index (χ0n) is 25.1. The van der Waals surface area contributed by atoms with Crippen molar-refractivity contribution in [3.8, 4) is 23.0 Å². The van der Waals surface area contributed by atoms with Gasteiger partial charge in [0.25, 0.3) is 11.8 Å². The first kappa shape index (κ1) is 28.6. The van der Waals surface area contributed by atoms with Crippen molar-refractivity contribution in [3.63, 3.8) is 0 Å². The highest BCUT2D eigenvalue weighted by Gasteiger charge is 2.33. The van der Waals surface area contributed by atoms with Crippen LogP contribution in [-0.2, 0) is 0 Å². The van der Waals surface area contributed by atoms with Gasteiger partial charge < -0.3 is 28.7 Å². The average molecular weight is 584 g/mol. The van der Waals surface area contributed by atoms with E-state index in [9.17, 15) is 9.59 Å². The lowest BCUT2D eigenvalue weighted by molar-refractivity contribution is 0.0803. The second-order valence-electron chi connectivity index (χ2n) is 11.4. The van der Waals surface area contributed by atoms with Crippen LogP contribution >= 0.6 is 0 Å². The van der Waals surface area contributed by atoms with Crippen LogP contribution in [0.15, 0.2) is 58.9 Å². The molecule has 9 heteroatoms. The Morgan fingerprint density at radius 2 is 1.33 bits per heavy atom. The van der Waals surface area contributed by atoms with E-state index in [0.29, 0.717) is 53.0 Å². The van der Waals surface area contributed by atoms with E-state index in [-0.39, 0.29) is 23.9 Å². The van der Waals surface area contributed by atoms with E-state index in [1.165, 1.54) is 5.57 Å². The monoisotopic (exact) mass is 583 g/mol. The van der Waals surface area contributed by atoms with Gasteiger partial charge in [-0.25, -0.2) is 0 Å². The van der Waals surface area contributed by atoms with Crippen LogP contribution in [0.5, 0.6) is 23.0 Å². The molecule has 0 spiro atoms. The van der Waals surface area contributed by atoms with Crippen LogP contribution in [0.2, 0.25) is 0 Å². The van der Waals surface area contributed by atoms with Crippen molar-refractivity contribution in [1.82, 2.24) is 9.80 Å². The molecule has 2 aromatic rings. The van der Waals surface area contributed by atoms with Gasteiger partial charge in [0.15, 0.2) is 23.0 Å². The van der Waals surface area contributed by atoms with E-state index in [0.717, 1.165) is 43.2 Å². The van der Waals surface area contributed by atoms with Gasteiger partial charge in [-0.2, -0.15) is 0 Å². The van der Waals surface area contributed by atoms with Crippen molar-refractivity contribution in [2.24, 2.45) is 4.99 Å². The lowest BCUT2D eigenvalue weighted by atomic mass is 10.0. The molecule has 0 aromatic heterocycles. The lowest BCUT2D eigenvalue weighted by Gasteiger charge is -2.20. The van der Waals surface area contributed by atoms with E-state index in [4.69, 9.17) is 18.9 Å². The molecule has 0 radical (unpaired) electrons. The number of carbonyl (C=O) groups excluding carboxylic acids is 2. The standard InChI is InChI=1S/C34H37N3O6/c1-21-12-24-9-8-23-14-31(29(40-3)15-26(23)33(38)36(24)19-21)42-10-6-5-7-11-43-32-17-28-27(16-30(32)41-4)34(39)37-20-22(2)13-25(37)18-35-28/h8-9,14-20,24-25H,5-7,10-13H2,1-4H3/t24-,25+/m1/s1. The quantitative estimate of drug-likeness (QED) is 0.305. The molecule has 0 saturated heterocycles. The number of benzene rings is 2. The molecule has 224 valence electrons. The van der Waals surface area contributed by atoms with Crippen LogP contribution in [-0.4, -0.2) is 67.3 Å².